The standard InChI is InChI=1S/C23H19F2N5O/c1-3-4-15-7-8-30-19(9-15)26-13-20(30)27-18-10-16(6-5-14(18)2)21-28-22(31-29-21)17-11-23(24,25)12-17/h5-10,13,17,27H,11-12H2,1-2H3. The van der Waals surface area contributed by atoms with E-state index in [1.807, 2.05) is 47.9 Å². The van der Waals surface area contributed by atoms with E-state index < -0.39 is 5.92 Å². The van der Waals surface area contributed by atoms with Crippen molar-refractivity contribution >= 4 is 17.2 Å². The summed E-state index contributed by atoms with van der Waals surface area (Å²) in [6, 6.07) is 9.61. The average molecular weight is 419 g/mol. The molecule has 31 heavy (non-hydrogen) atoms. The maximum absolute atomic E-state index is 13.1. The third-order valence-electron chi connectivity index (χ3n) is 5.42. The number of hydrogen-bond donors (Lipinski definition) is 1. The Labute approximate surface area is 177 Å². The molecular weight excluding hydrogens is 400 g/mol. The molecule has 1 saturated carbocycles. The van der Waals surface area contributed by atoms with Gasteiger partial charge in [-0.25, -0.2) is 13.8 Å². The Morgan fingerprint density at radius 3 is 2.84 bits per heavy atom. The van der Waals surface area contributed by atoms with Gasteiger partial charge in [0.2, 0.25) is 17.6 Å². The largest absolute Gasteiger partial charge is 0.340 e. The number of anilines is 2. The molecule has 0 spiro atoms. The van der Waals surface area contributed by atoms with Crippen molar-refractivity contribution in [1.29, 1.82) is 0 Å². The minimum Gasteiger partial charge on any atom is -0.340 e. The molecule has 5 rings (SSSR count). The van der Waals surface area contributed by atoms with Gasteiger partial charge in [-0.2, -0.15) is 4.98 Å². The Balaban J connectivity index is 1.41. The molecule has 4 aromatic rings. The van der Waals surface area contributed by atoms with Crippen LogP contribution in [0.1, 0.15) is 42.7 Å². The number of imidazole rings is 1. The topological polar surface area (TPSA) is 68.2 Å². The van der Waals surface area contributed by atoms with Crippen LogP contribution in [-0.4, -0.2) is 25.4 Å². The molecule has 0 aliphatic heterocycles. The fraction of sp³-hybridized carbons (Fsp3) is 0.261. The summed E-state index contributed by atoms with van der Waals surface area (Å²) < 4.78 is 33.5. The van der Waals surface area contributed by atoms with Crippen LogP contribution in [0.15, 0.2) is 47.2 Å². The molecule has 0 unspecified atom stereocenters. The van der Waals surface area contributed by atoms with Gasteiger partial charge in [0.1, 0.15) is 11.5 Å². The van der Waals surface area contributed by atoms with E-state index in [1.54, 1.807) is 13.1 Å². The average Bonchev–Trinajstić information content (AvgIpc) is 3.35. The number of benzene rings is 1. The van der Waals surface area contributed by atoms with Gasteiger partial charge in [-0.15, -0.1) is 5.92 Å². The lowest BCUT2D eigenvalue weighted by Crippen LogP contribution is -2.33. The highest BCUT2D eigenvalue weighted by atomic mass is 19.3. The molecule has 8 heteroatoms. The second-order valence-corrected chi connectivity index (χ2v) is 7.73. The molecule has 0 amide bonds. The van der Waals surface area contributed by atoms with Crippen molar-refractivity contribution in [3.8, 4) is 23.2 Å². The van der Waals surface area contributed by atoms with E-state index in [4.69, 9.17) is 4.52 Å². The molecule has 6 nitrogen and oxygen atoms in total. The number of rotatable bonds is 4. The summed E-state index contributed by atoms with van der Waals surface area (Å²) in [5.41, 5.74) is 4.32. The van der Waals surface area contributed by atoms with Crippen molar-refractivity contribution in [3.05, 3.63) is 59.7 Å². The van der Waals surface area contributed by atoms with Crippen LogP contribution in [0.5, 0.6) is 0 Å². The summed E-state index contributed by atoms with van der Waals surface area (Å²) >= 11 is 0. The van der Waals surface area contributed by atoms with Crippen LogP contribution < -0.4 is 5.32 Å². The second-order valence-electron chi connectivity index (χ2n) is 7.73. The normalized spacial score (nSPS) is 15.4. The monoisotopic (exact) mass is 419 g/mol. The lowest BCUT2D eigenvalue weighted by Gasteiger charge is -2.31. The van der Waals surface area contributed by atoms with E-state index in [2.05, 4.69) is 32.3 Å². The van der Waals surface area contributed by atoms with Gasteiger partial charge in [0.05, 0.1) is 6.20 Å². The van der Waals surface area contributed by atoms with Gasteiger partial charge in [0.15, 0.2) is 0 Å². The molecule has 0 saturated heterocycles. The van der Waals surface area contributed by atoms with E-state index in [-0.39, 0.29) is 24.7 Å². The smallest absolute Gasteiger partial charge is 0.249 e. The Bertz CT molecular complexity index is 1340. The van der Waals surface area contributed by atoms with Gasteiger partial charge in [-0.1, -0.05) is 23.2 Å². The van der Waals surface area contributed by atoms with E-state index in [0.717, 1.165) is 33.8 Å². The summed E-state index contributed by atoms with van der Waals surface area (Å²) in [5, 5.41) is 7.39. The summed E-state index contributed by atoms with van der Waals surface area (Å²) in [5.74, 6) is 4.36. The van der Waals surface area contributed by atoms with Crippen LogP contribution >= 0.6 is 0 Å². The summed E-state index contributed by atoms with van der Waals surface area (Å²) in [6.07, 6.45) is 3.20. The molecule has 156 valence electrons. The molecule has 1 N–H and O–H groups in total. The second kappa shape index (κ2) is 7.20. The molecule has 0 bridgehead atoms. The van der Waals surface area contributed by atoms with Crippen LogP contribution in [0.2, 0.25) is 0 Å². The van der Waals surface area contributed by atoms with E-state index >= 15 is 0 Å². The van der Waals surface area contributed by atoms with Crippen molar-refractivity contribution in [2.75, 3.05) is 5.32 Å². The molecule has 0 radical (unpaired) electrons. The maximum atomic E-state index is 13.1. The number of halogens is 2. The molecule has 1 aliphatic carbocycles. The third kappa shape index (κ3) is 3.63. The zero-order valence-electron chi connectivity index (χ0n) is 17.0. The summed E-state index contributed by atoms with van der Waals surface area (Å²) in [7, 11) is 0. The Hall–Kier alpha value is -3.73. The minimum absolute atomic E-state index is 0.241. The zero-order valence-corrected chi connectivity index (χ0v) is 17.0. The van der Waals surface area contributed by atoms with Crippen molar-refractivity contribution in [3.63, 3.8) is 0 Å². The Kier molecular flexibility index (Phi) is 4.47. The SMILES string of the molecule is CC#Cc1ccn2c(Nc3cc(-c4noc(C5CC(F)(F)C5)n4)ccc3C)cnc2c1. The first-order chi connectivity index (χ1) is 14.9. The summed E-state index contributed by atoms with van der Waals surface area (Å²) in [6.45, 7) is 3.79. The Morgan fingerprint density at radius 1 is 1.23 bits per heavy atom. The maximum Gasteiger partial charge on any atom is 0.249 e. The molecule has 1 aromatic carbocycles. The number of nitrogens with one attached hydrogen (secondary N) is 1. The number of aromatic nitrogens is 4. The lowest BCUT2D eigenvalue weighted by molar-refractivity contribution is -0.0925. The highest BCUT2D eigenvalue weighted by Crippen LogP contribution is 2.48. The van der Waals surface area contributed by atoms with Crippen molar-refractivity contribution < 1.29 is 13.3 Å². The van der Waals surface area contributed by atoms with E-state index in [0.29, 0.717) is 5.82 Å². The number of aryl methyl sites for hydroxylation is 1. The predicted molar refractivity (Wildman–Crippen MR) is 112 cm³/mol. The molecule has 3 aromatic heterocycles. The van der Waals surface area contributed by atoms with Crippen LogP contribution in [0.25, 0.3) is 17.0 Å². The fourth-order valence-electron chi connectivity index (χ4n) is 3.68. The number of alkyl halides is 2. The van der Waals surface area contributed by atoms with Gasteiger partial charge in [0, 0.05) is 41.8 Å². The third-order valence-corrected chi connectivity index (χ3v) is 5.42. The first-order valence-electron chi connectivity index (χ1n) is 9.91. The lowest BCUT2D eigenvalue weighted by atomic mass is 9.81. The van der Waals surface area contributed by atoms with E-state index in [9.17, 15) is 8.78 Å². The van der Waals surface area contributed by atoms with Gasteiger partial charge in [0.25, 0.3) is 0 Å². The summed E-state index contributed by atoms with van der Waals surface area (Å²) in [4.78, 5) is 8.79. The van der Waals surface area contributed by atoms with Crippen molar-refractivity contribution in [2.24, 2.45) is 0 Å². The first-order valence-corrected chi connectivity index (χ1v) is 9.91. The molecule has 0 atom stereocenters. The molecule has 3 heterocycles. The van der Waals surface area contributed by atoms with E-state index in [1.165, 1.54) is 0 Å². The van der Waals surface area contributed by atoms with Crippen molar-refractivity contribution in [1.82, 2.24) is 19.5 Å². The highest BCUT2D eigenvalue weighted by Gasteiger charge is 2.48. The number of hydrogen-bond acceptors (Lipinski definition) is 5. The van der Waals surface area contributed by atoms with Crippen LogP contribution in [0.3, 0.4) is 0 Å². The number of fused-ring (bicyclic) bond motifs is 1. The number of nitrogens with zero attached hydrogens (tertiary/aromatic N) is 4. The first kappa shape index (κ1) is 19.2. The molecular formula is C23H19F2N5O. The highest BCUT2D eigenvalue weighted by molar-refractivity contribution is 5.70. The number of pyridine rings is 1. The molecule has 1 fully saturated rings. The quantitative estimate of drug-likeness (QED) is 0.454. The van der Waals surface area contributed by atoms with Crippen molar-refractivity contribution in [2.45, 2.75) is 38.5 Å². The predicted octanol–water partition coefficient (Wildman–Crippen LogP) is 5.32. The van der Waals surface area contributed by atoms with Crippen LogP contribution in [0, 0.1) is 18.8 Å². The van der Waals surface area contributed by atoms with Gasteiger partial charge < -0.3 is 9.84 Å². The zero-order chi connectivity index (χ0) is 21.6. The molecule has 1 aliphatic rings. The van der Waals surface area contributed by atoms with Gasteiger partial charge >= 0.3 is 0 Å². The van der Waals surface area contributed by atoms with Crippen LogP contribution in [0.4, 0.5) is 20.3 Å². The fourth-order valence-corrected chi connectivity index (χ4v) is 3.68. The minimum atomic E-state index is -2.63. The van der Waals surface area contributed by atoms with Gasteiger partial charge in [-0.3, -0.25) is 4.40 Å². The Morgan fingerprint density at radius 2 is 2.06 bits per heavy atom. The van der Waals surface area contributed by atoms with Crippen LogP contribution in [-0.2, 0) is 0 Å². The van der Waals surface area contributed by atoms with Gasteiger partial charge in [-0.05, 0) is 37.6 Å².